The van der Waals surface area contributed by atoms with Gasteiger partial charge >= 0.3 is 0 Å². The van der Waals surface area contributed by atoms with Crippen molar-refractivity contribution in [3.63, 3.8) is 0 Å². The number of rotatable bonds is 4. The lowest BCUT2D eigenvalue weighted by molar-refractivity contribution is 0.402. The summed E-state index contributed by atoms with van der Waals surface area (Å²) in [4.78, 5) is 4.44. The molecule has 2 aromatic carbocycles. The van der Waals surface area contributed by atoms with Crippen molar-refractivity contribution in [3.8, 4) is 11.1 Å². The molecule has 138 valence electrons. The maximum absolute atomic E-state index is 2.38. The third kappa shape index (κ3) is 5.69. The summed E-state index contributed by atoms with van der Waals surface area (Å²) in [6.07, 6.45) is 1.08. The van der Waals surface area contributed by atoms with Gasteiger partial charge in [0.25, 0.3) is 0 Å². The van der Waals surface area contributed by atoms with Gasteiger partial charge in [0.2, 0.25) is 0 Å². The molecule has 0 spiro atoms. The quantitative estimate of drug-likeness (QED) is 0.624. The summed E-state index contributed by atoms with van der Waals surface area (Å²) in [6, 6.07) is 13.9. The number of benzene rings is 2. The Morgan fingerprint density at radius 3 is 1.72 bits per heavy atom. The second-order valence-electron chi connectivity index (χ2n) is 6.64. The number of nitrogens with zero attached hydrogens (tertiary/aromatic N) is 2. The third-order valence-electron chi connectivity index (χ3n) is 4.01. The van der Waals surface area contributed by atoms with Crippen LogP contribution >= 0.6 is 0 Å². The molecular weight excluding hydrogens is 304 g/mol. The topological polar surface area (TPSA) is 6.48 Å². The molecule has 0 amide bonds. The highest BCUT2D eigenvalue weighted by molar-refractivity contribution is 5.77. The lowest BCUT2D eigenvalue weighted by atomic mass is 10.0. The Hall–Kier alpha value is -1.64. The molecule has 0 saturated heterocycles. The summed E-state index contributed by atoms with van der Waals surface area (Å²) in [5, 5.41) is 0. The van der Waals surface area contributed by atoms with Crippen LogP contribution in [0.1, 0.15) is 49.9 Å². The van der Waals surface area contributed by atoms with E-state index in [1.165, 1.54) is 33.4 Å². The smallest absolute Gasteiger partial charge is 0.0227 e. The molecule has 1 aliphatic rings. The highest BCUT2D eigenvalue weighted by Gasteiger charge is 2.19. The lowest BCUT2D eigenvalue weighted by Gasteiger charge is -2.12. The van der Waals surface area contributed by atoms with Crippen LogP contribution in [-0.2, 0) is 19.5 Å². The zero-order chi connectivity index (χ0) is 19.0. The van der Waals surface area contributed by atoms with E-state index in [0.717, 1.165) is 19.5 Å². The maximum atomic E-state index is 2.38. The minimum atomic E-state index is 1.00. The van der Waals surface area contributed by atoms with E-state index < -0.39 is 0 Å². The van der Waals surface area contributed by atoms with Crippen molar-refractivity contribution >= 4 is 0 Å². The average molecular weight is 341 g/mol. The minimum Gasteiger partial charge on any atom is -0.305 e. The SMILES string of the molecule is CC.CC.CN(C)Cc1ccc2c(c1)Cc1ccc(CN(C)C)cc1-2. The van der Waals surface area contributed by atoms with Crippen LogP contribution in [0.4, 0.5) is 0 Å². The van der Waals surface area contributed by atoms with E-state index in [4.69, 9.17) is 0 Å². The predicted octanol–water partition coefficient (Wildman–Crippen LogP) is 5.43. The molecule has 2 nitrogen and oxygen atoms in total. The fraction of sp³-hybridized carbons (Fsp3) is 0.478. The fourth-order valence-corrected chi connectivity index (χ4v) is 3.22. The van der Waals surface area contributed by atoms with Gasteiger partial charge in [0.1, 0.15) is 0 Å². The summed E-state index contributed by atoms with van der Waals surface area (Å²) in [7, 11) is 8.48. The Labute approximate surface area is 155 Å². The van der Waals surface area contributed by atoms with E-state index in [0.29, 0.717) is 0 Å². The first kappa shape index (κ1) is 21.4. The highest BCUT2D eigenvalue weighted by atomic mass is 15.1. The standard InChI is InChI=1S/C19H24N2.2C2H6/c1-20(2)12-14-6-8-18-17(9-14)11-16-7-5-15(10-19(16)18)13-21(3)4;2*1-2/h5-10H,11-13H2,1-4H3;2*1-2H3. The molecule has 0 saturated carbocycles. The lowest BCUT2D eigenvalue weighted by Crippen LogP contribution is -2.10. The number of hydrogen-bond acceptors (Lipinski definition) is 2. The van der Waals surface area contributed by atoms with Crippen molar-refractivity contribution in [2.24, 2.45) is 0 Å². The average Bonchev–Trinajstić information content (AvgIpc) is 2.94. The van der Waals surface area contributed by atoms with Gasteiger partial charge in [-0.3, -0.25) is 0 Å². The van der Waals surface area contributed by atoms with E-state index in [-0.39, 0.29) is 0 Å². The molecule has 0 bridgehead atoms. The number of hydrogen-bond donors (Lipinski definition) is 0. The van der Waals surface area contributed by atoms with Gasteiger partial charge in [0.05, 0.1) is 0 Å². The van der Waals surface area contributed by atoms with Crippen LogP contribution < -0.4 is 0 Å². The van der Waals surface area contributed by atoms with Gasteiger partial charge in [-0.15, -0.1) is 0 Å². The highest BCUT2D eigenvalue weighted by Crippen LogP contribution is 2.37. The number of fused-ring (bicyclic) bond motifs is 3. The fourth-order valence-electron chi connectivity index (χ4n) is 3.22. The Morgan fingerprint density at radius 2 is 1.16 bits per heavy atom. The molecule has 0 aliphatic heterocycles. The molecule has 2 heteroatoms. The largest absolute Gasteiger partial charge is 0.305 e. The second kappa shape index (κ2) is 10.4. The van der Waals surface area contributed by atoms with Crippen molar-refractivity contribution in [2.45, 2.75) is 47.2 Å². The molecule has 3 rings (SSSR count). The molecule has 2 aromatic rings. The predicted molar refractivity (Wildman–Crippen MR) is 112 cm³/mol. The molecule has 1 aliphatic carbocycles. The van der Waals surface area contributed by atoms with Gasteiger partial charge in [0, 0.05) is 13.1 Å². The third-order valence-corrected chi connectivity index (χ3v) is 4.01. The van der Waals surface area contributed by atoms with Crippen molar-refractivity contribution in [3.05, 3.63) is 58.7 Å². The van der Waals surface area contributed by atoms with Gasteiger partial charge in [-0.25, -0.2) is 0 Å². The molecule has 0 fully saturated rings. The van der Waals surface area contributed by atoms with E-state index in [2.05, 4.69) is 74.4 Å². The van der Waals surface area contributed by atoms with Gasteiger partial charge < -0.3 is 9.80 Å². The van der Waals surface area contributed by atoms with Crippen LogP contribution in [0.5, 0.6) is 0 Å². The van der Waals surface area contributed by atoms with Crippen molar-refractivity contribution in [1.82, 2.24) is 9.80 Å². The van der Waals surface area contributed by atoms with E-state index >= 15 is 0 Å². The zero-order valence-electron chi connectivity index (χ0n) is 17.5. The van der Waals surface area contributed by atoms with Crippen LogP contribution in [0.3, 0.4) is 0 Å². The van der Waals surface area contributed by atoms with E-state index in [1.807, 2.05) is 27.7 Å². The zero-order valence-corrected chi connectivity index (χ0v) is 17.5. The molecule has 0 unspecified atom stereocenters. The Morgan fingerprint density at radius 1 is 0.640 bits per heavy atom. The van der Waals surface area contributed by atoms with Gasteiger partial charge in [-0.2, -0.15) is 0 Å². The Kier molecular flexibility index (Phi) is 8.88. The molecule has 0 N–H and O–H groups in total. The van der Waals surface area contributed by atoms with Crippen LogP contribution in [0.25, 0.3) is 11.1 Å². The second-order valence-corrected chi connectivity index (χ2v) is 6.64. The van der Waals surface area contributed by atoms with Crippen LogP contribution in [-0.4, -0.2) is 38.0 Å². The molecular formula is C23H36N2. The monoisotopic (exact) mass is 340 g/mol. The minimum absolute atomic E-state index is 1.00. The molecule has 0 atom stereocenters. The first-order chi connectivity index (χ1) is 12.0. The Balaban J connectivity index is 0.000000730. The summed E-state index contributed by atoms with van der Waals surface area (Å²) in [5.74, 6) is 0. The van der Waals surface area contributed by atoms with Crippen molar-refractivity contribution in [2.75, 3.05) is 28.2 Å². The van der Waals surface area contributed by atoms with E-state index in [1.54, 1.807) is 0 Å². The van der Waals surface area contributed by atoms with Crippen LogP contribution in [0, 0.1) is 0 Å². The summed E-state index contributed by atoms with van der Waals surface area (Å²) in [5.41, 5.74) is 8.60. The molecule has 25 heavy (non-hydrogen) atoms. The van der Waals surface area contributed by atoms with Gasteiger partial charge in [-0.05, 0) is 74.1 Å². The molecule has 0 aromatic heterocycles. The van der Waals surface area contributed by atoms with Gasteiger partial charge in [-0.1, -0.05) is 58.0 Å². The first-order valence-electron chi connectivity index (χ1n) is 9.56. The van der Waals surface area contributed by atoms with Gasteiger partial charge in [0.15, 0.2) is 0 Å². The molecule has 0 radical (unpaired) electrons. The van der Waals surface area contributed by atoms with Crippen LogP contribution in [0.15, 0.2) is 36.4 Å². The normalized spacial score (nSPS) is 11.3. The van der Waals surface area contributed by atoms with E-state index in [9.17, 15) is 0 Å². The summed E-state index contributed by atoms with van der Waals surface area (Å²) < 4.78 is 0. The Bertz CT molecular complexity index is 657. The maximum Gasteiger partial charge on any atom is 0.0227 e. The van der Waals surface area contributed by atoms with Crippen molar-refractivity contribution < 1.29 is 0 Å². The van der Waals surface area contributed by atoms with Crippen LogP contribution in [0.2, 0.25) is 0 Å². The molecule has 0 heterocycles. The summed E-state index contributed by atoms with van der Waals surface area (Å²) in [6.45, 7) is 10.0. The summed E-state index contributed by atoms with van der Waals surface area (Å²) >= 11 is 0. The first-order valence-corrected chi connectivity index (χ1v) is 9.56. The van der Waals surface area contributed by atoms with Crippen molar-refractivity contribution in [1.29, 1.82) is 0 Å².